The predicted molar refractivity (Wildman–Crippen MR) is 95.5 cm³/mol. The number of hydrogen-bond donors (Lipinski definition) is 2. The van der Waals surface area contributed by atoms with Gasteiger partial charge in [0, 0.05) is 5.56 Å². The Kier molecular flexibility index (Phi) is 6.61. The molecule has 26 heavy (non-hydrogen) atoms. The van der Waals surface area contributed by atoms with Gasteiger partial charge in [0.05, 0.1) is 5.69 Å². The van der Waals surface area contributed by atoms with Crippen LogP contribution in [0.3, 0.4) is 0 Å². The Bertz CT molecular complexity index is 907. The second-order valence-electron chi connectivity index (χ2n) is 5.07. The van der Waals surface area contributed by atoms with E-state index in [1.165, 1.54) is 13.0 Å². The number of amides is 1. The molecule has 2 rings (SSSR count). The van der Waals surface area contributed by atoms with Crippen LogP contribution in [0.25, 0.3) is 0 Å². The number of Topliss-reactive ketones (excluding diaryl/α,β-unsaturated/α-hetero) is 1. The first-order valence-corrected chi connectivity index (χ1v) is 9.74. The molecular weight excluding hydrogens is 380 g/mol. The van der Waals surface area contributed by atoms with Crippen molar-refractivity contribution in [1.29, 1.82) is 0 Å². The maximum Gasteiger partial charge on any atom is 0.321 e. The molecule has 2 N–H and O–H groups in total. The number of thiophene rings is 1. The van der Waals surface area contributed by atoms with E-state index < -0.39 is 35.1 Å². The molecule has 0 aliphatic rings. The molecule has 10 heteroatoms. The van der Waals surface area contributed by atoms with Crippen LogP contribution in [0.4, 0.5) is 5.69 Å². The van der Waals surface area contributed by atoms with Crippen molar-refractivity contribution in [3.63, 3.8) is 0 Å². The van der Waals surface area contributed by atoms with Crippen LogP contribution in [0.5, 0.6) is 0 Å². The largest absolute Gasteiger partial charge is 0.455 e. The average Bonchev–Trinajstić information content (AvgIpc) is 3.14. The van der Waals surface area contributed by atoms with E-state index in [1.807, 2.05) is 0 Å². The Morgan fingerprint density at radius 2 is 1.85 bits per heavy atom. The first-order valence-electron chi connectivity index (χ1n) is 7.38. The lowest BCUT2D eigenvalue weighted by atomic mass is 10.1. The predicted octanol–water partition coefficient (Wildman–Crippen LogP) is 1.41. The molecule has 0 spiro atoms. The number of sulfonamides is 1. The van der Waals surface area contributed by atoms with E-state index in [0.717, 1.165) is 11.3 Å². The molecule has 0 aliphatic carbocycles. The van der Waals surface area contributed by atoms with Gasteiger partial charge in [0.15, 0.2) is 12.4 Å². The summed E-state index contributed by atoms with van der Waals surface area (Å²) in [6, 6.07) is 9.38. The zero-order valence-corrected chi connectivity index (χ0v) is 15.4. The molecule has 0 saturated heterocycles. The first kappa shape index (κ1) is 19.8. The second-order valence-corrected chi connectivity index (χ2v) is 8.01. The van der Waals surface area contributed by atoms with Gasteiger partial charge in [-0.3, -0.25) is 14.4 Å². The number of carbonyl (C=O) groups is 3. The molecule has 1 heterocycles. The van der Waals surface area contributed by atoms with Crippen molar-refractivity contribution in [3.05, 3.63) is 47.3 Å². The third kappa shape index (κ3) is 5.48. The lowest BCUT2D eigenvalue weighted by Gasteiger charge is -2.09. The zero-order valence-electron chi connectivity index (χ0n) is 13.7. The van der Waals surface area contributed by atoms with Crippen LogP contribution < -0.4 is 10.0 Å². The molecule has 0 bridgehead atoms. The minimum absolute atomic E-state index is 0.0730. The van der Waals surface area contributed by atoms with Crippen molar-refractivity contribution >= 4 is 44.7 Å². The molecule has 0 radical (unpaired) electrons. The number of esters is 1. The van der Waals surface area contributed by atoms with E-state index in [-0.39, 0.29) is 9.99 Å². The summed E-state index contributed by atoms with van der Waals surface area (Å²) in [4.78, 5) is 34.9. The van der Waals surface area contributed by atoms with Crippen LogP contribution in [0.15, 0.2) is 46.0 Å². The van der Waals surface area contributed by atoms with E-state index in [1.54, 1.807) is 35.7 Å². The van der Waals surface area contributed by atoms with Gasteiger partial charge < -0.3 is 10.1 Å². The number of benzene rings is 1. The molecule has 2 aromatic rings. The van der Waals surface area contributed by atoms with Crippen molar-refractivity contribution in [2.75, 3.05) is 18.5 Å². The number of ketones is 1. The van der Waals surface area contributed by atoms with Gasteiger partial charge in [0.1, 0.15) is 10.8 Å². The highest BCUT2D eigenvalue weighted by Crippen LogP contribution is 2.16. The molecule has 0 aliphatic heterocycles. The number of hydrogen-bond acceptors (Lipinski definition) is 7. The quantitative estimate of drug-likeness (QED) is 0.514. The lowest BCUT2D eigenvalue weighted by molar-refractivity contribution is -0.146. The monoisotopic (exact) mass is 396 g/mol. The van der Waals surface area contributed by atoms with E-state index in [0.29, 0.717) is 11.3 Å². The fourth-order valence-corrected chi connectivity index (χ4v) is 3.93. The van der Waals surface area contributed by atoms with Crippen molar-refractivity contribution in [1.82, 2.24) is 4.72 Å². The smallest absolute Gasteiger partial charge is 0.321 e. The highest BCUT2D eigenvalue weighted by Gasteiger charge is 2.17. The van der Waals surface area contributed by atoms with Crippen molar-refractivity contribution in [2.45, 2.75) is 11.1 Å². The summed E-state index contributed by atoms with van der Waals surface area (Å²) in [5, 5.41) is 4.06. The number of para-hydroxylation sites is 1. The van der Waals surface area contributed by atoms with Crippen LogP contribution >= 0.6 is 11.3 Å². The SMILES string of the molecule is CC(=O)c1ccccc1NC(=O)COC(=O)CNS(=O)(=O)c1cccs1. The molecule has 1 amide bonds. The van der Waals surface area contributed by atoms with Gasteiger partial charge in [0.2, 0.25) is 0 Å². The molecule has 0 fully saturated rings. The highest BCUT2D eigenvalue weighted by molar-refractivity contribution is 7.91. The summed E-state index contributed by atoms with van der Waals surface area (Å²) in [5.41, 5.74) is 0.635. The van der Waals surface area contributed by atoms with Crippen molar-refractivity contribution < 1.29 is 27.5 Å². The first-order chi connectivity index (χ1) is 12.3. The average molecular weight is 396 g/mol. The molecule has 0 saturated carbocycles. The van der Waals surface area contributed by atoms with Crippen LogP contribution in [0, 0.1) is 0 Å². The zero-order chi connectivity index (χ0) is 19.2. The summed E-state index contributed by atoms with van der Waals surface area (Å²) in [5.74, 6) is -1.77. The van der Waals surface area contributed by atoms with Crippen LogP contribution in [-0.2, 0) is 24.3 Å². The standard InChI is InChI=1S/C16H16N2O6S2/c1-11(19)12-5-2-3-6-13(12)18-14(20)10-24-15(21)9-17-26(22,23)16-7-4-8-25-16/h2-8,17H,9-10H2,1H3,(H,18,20). The third-order valence-corrected chi connectivity index (χ3v) is 5.91. The Balaban J connectivity index is 1.82. The maximum atomic E-state index is 11.9. The van der Waals surface area contributed by atoms with E-state index in [9.17, 15) is 22.8 Å². The molecule has 8 nitrogen and oxygen atoms in total. The minimum Gasteiger partial charge on any atom is -0.455 e. The van der Waals surface area contributed by atoms with Gasteiger partial charge in [-0.2, -0.15) is 4.72 Å². The molecule has 1 aromatic heterocycles. The number of rotatable bonds is 8. The summed E-state index contributed by atoms with van der Waals surface area (Å²) in [6.45, 7) is 0.161. The molecule has 1 aromatic carbocycles. The molecule has 0 atom stereocenters. The number of anilines is 1. The van der Waals surface area contributed by atoms with Gasteiger partial charge in [-0.25, -0.2) is 8.42 Å². The van der Waals surface area contributed by atoms with Crippen LogP contribution in [-0.4, -0.2) is 39.2 Å². The molecule has 0 unspecified atom stereocenters. The topological polar surface area (TPSA) is 119 Å². The highest BCUT2D eigenvalue weighted by atomic mass is 32.2. The summed E-state index contributed by atoms with van der Waals surface area (Å²) in [7, 11) is -3.78. The van der Waals surface area contributed by atoms with Crippen LogP contribution in [0.1, 0.15) is 17.3 Å². The number of ether oxygens (including phenoxy) is 1. The normalized spacial score (nSPS) is 11.0. The second kappa shape index (κ2) is 8.70. The van der Waals surface area contributed by atoms with Crippen molar-refractivity contribution in [2.24, 2.45) is 0 Å². The minimum atomic E-state index is -3.78. The summed E-state index contributed by atoms with van der Waals surface area (Å²) < 4.78 is 30.6. The number of carbonyl (C=O) groups excluding carboxylic acids is 3. The van der Waals surface area contributed by atoms with Gasteiger partial charge in [-0.15, -0.1) is 11.3 Å². The number of nitrogens with one attached hydrogen (secondary N) is 2. The van der Waals surface area contributed by atoms with Gasteiger partial charge >= 0.3 is 5.97 Å². The maximum absolute atomic E-state index is 11.9. The van der Waals surface area contributed by atoms with Gasteiger partial charge in [-0.05, 0) is 30.5 Å². The lowest BCUT2D eigenvalue weighted by Crippen LogP contribution is -2.32. The Hall–Kier alpha value is -2.56. The molecular formula is C16H16N2O6S2. The fraction of sp³-hybridized carbons (Fsp3) is 0.188. The van der Waals surface area contributed by atoms with Gasteiger partial charge in [0.25, 0.3) is 15.9 Å². The van der Waals surface area contributed by atoms with Gasteiger partial charge in [-0.1, -0.05) is 18.2 Å². The Labute approximate surface area is 154 Å². The van der Waals surface area contributed by atoms with Crippen LogP contribution in [0.2, 0.25) is 0 Å². The molecule has 138 valence electrons. The summed E-state index contributed by atoms with van der Waals surface area (Å²) in [6.07, 6.45) is 0. The van der Waals surface area contributed by atoms with Crippen molar-refractivity contribution in [3.8, 4) is 0 Å². The fourth-order valence-electron chi connectivity index (χ4n) is 1.92. The third-order valence-electron chi connectivity index (χ3n) is 3.11. The van der Waals surface area contributed by atoms with E-state index in [4.69, 9.17) is 4.74 Å². The summed E-state index contributed by atoms with van der Waals surface area (Å²) >= 11 is 1.01. The van der Waals surface area contributed by atoms with E-state index >= 15 is 0 Å². The Morgan fingerprint density at radius 1 is 1.12 bits per heavy atom. The Morgan fingerprint density at radius 3 is 2.50 bits per heavy atom. The van der Waals surface area contributed by atoms with E-state index in [2.05, 4.69) is 10.0 Å².